The lowest BCUT2D eigenvalue weighted by Gasteiger charge is -2.14. The molecule has 0 saturated carbocycles. The van der Waals surface area contributed by atoms with Crippen molar-refractivity contribution in [3.63, 3.8) is 0 Å². The number of ether oxygens (including phenoxy) is 3. The standard InChI is InChI=1S/C19H26N4O3.HI/c1-4-24-15-9-10-17(25-5-2)16(12-15)23-19(20)22-13-14-8-7-11-21-18(14)26-6-3;/h7-12H,4-6,13H2,1-3H3,(H3,20,22,23);1H. The molecule has 2 rings (SSSR count). The molecule has 7 nitrogen and oxygen atoms in total. The monoisotopic (exact) mass is 486 g/mol. The number of guanidine groups is 1. The summed E-state index contributed by atoms with van der Waals surface area (Å²) in [5.41, 5.74) is 7.62. The van der Waals surface area contributed by atoms with Crippen molar-refractivity contribution in [2.24, 2.45) is 10.7 Å². The van der Waals surface area contributed by atoms with Gasteiger partial charge in [-0.2, -0.15) is 0 Å². The normalized spacial score (nSPS) is 10.7. The van der Waals surface area contributed by atoms with Gasteiger partial charge in [-0.3, -0.25) is 0 Å². The first-order valence-corrected chi connectivity index (χ1v) is 8.71. The minimum absolute atomic E-state index is 0. The summed E-state index contributed by atoms with van der Waals surface area (Å²) in [6.45, 7) is 7.81. The Morgan fingerprint density at radius 3 is 2.52 bits per heavy atom. The molecule has 148 valence electrons. The van der Waals surface area contributed by atoms with Gasteiger partial charge in [0.05, 0.1) is 32.1 Å². The summed E-state index contributed by atoms with van der Waals surface area (Å²) < 4.78 is 16.7. The number of rotatable bonds is 9. The molecule has 3 N–H and O–H groups in total. The SMILES string of the molecule is CCOc1ccc(OCC)c(NC(N)=NCc2cccnc2OCC)c1.I. The highest BCUT2D eigenvalue weighted by molar-refractivity contribution is 14.0. The van der Waals surface area contributed by atoms with E-state index in [1.54, 1.807) is 6.20 Å². The summed E-state index contributed by atoms with van der Waals surface area (Å²) in [5, 5.41) is 3.08. The highest BCUT2D eigenvalue weighted by Gasteiger charge is 2.08. The molecule has 0 spiro atoms. The van der Waals surface area contributed by atoms with Gasteiger partial charge >= 0.3 is 0 Å². The van der Waals surface area contributed by atoms with E-state index in [1.165, 1.54) is 0 Å². The molecule has 1 aromatic heterocycles. The van der Waals surface area contributed by atoms with E-state index in [4.69, 9.17) is 19.9 Å². The van der Waals surface area contributed by atoms with E-state index in [2.05, 4.69) is 15.3 Å². The fourth-order valence-corrected chi connectivity index (χ4v) is 2.30. The number of nitrogens with zero attached hydrogens (tertiary/aromatic N) is 2. The Morgan fingerprint density at radius 1 is 1.07 bits per heavy atom. The zero-order valence-electron chi connectivity index (χ0n) is 15.9. The molecule has 1 aromatic carbocycles. The van der Waals surface area contributed by atoms with E-state index in [0.717, 1.165) is 11.3 Å². The van der Waals surface area contributed by atoms with Crippen LogP contribution in [0.3, 0.4) is 0 Å². The van der Waals surface area contributed by atoms with Gasteiger partial charge in [-0.1, -0.05) is 6.07 Å². The number of halogens is 1. The van der Waals surface area contributed by atoms with Crippen molar-refractivity contribution in [3.05, 3.63) is 42.1 Å². The molecule has 0 amide bonds. The van der Waals surface area contributed by atoms with Crippen LogP contribution >= 0.6 is 24.0 Å². The van der Waals surface area contributed by atoms with E-state index in [0.29, 0.717) is 43.7 Å². The van der Waals surface area contributed by atoms with Crippen molar-refractivity contribution >= 4 is 35.6 Å². The van der Waals surface area contributed by atoms with Crippen molar-refractivity contribution in [2.45, 2.75) is 27.3 Å². The molecule has 2 aromatic rings. The lowest BCUT2D eigenvalue weighted by atomic mass is 10.2. The molecule has 0 aliphatic heterocycles. The Balaban J connectivity index is 0.00000364. The van der Waals surface area contributed by atoms with Crippen molar-refractivity contribution in [3.8, 4) is 17.4 Å². The third kappa shape index (κ3) is 7.12. The smallest absolute Gasteiger partial charge is 0.218 e. The molecule has 0 atom stereocenters. The van der Waals surface area contributed by atoms with Crippen LogP contribution in [0.4, 0.5) is 5.69 Å². The number of nitrogens with one attached hydrogen (secondary N) is 1. The average molecular weight is 486 g/mol. The molecule has 1 heterocycles. The molecule has 0 saturated heterocycles. The summed E-state index contributed by atoms with van der Waals surface area (Å²) in [6.07, 6.45) is 1.69. The maximum absolute atomic E-state index is 6.05. The molecule has 8 heteroatoms. The second-order valence-electron chi connectivity index (χ2n) is 5.25. The van der Waals surface area contributed by atoms with Crippen molar-refractivity contribution in [2.75, 3.05) is 25.1 Å². The number of pyridine rings is 1. The van der Waals surface area contributed by atoms with Crippen LogP contribution in [-0.2, 0) is 6.54 Å². The molecule has 0 aliphatic carbocycles. The Morgan fingerprint density at radius 2 is 1.81 bits per heavy atom. The summed E-state index contributed by atoms with van der Waals surface area (Å²) >= 11 is 0. The second-order valence-corrected chi connectivity index (χ2v) is 5.25. The van der Waals surface area contributed by atoms with Crippen molar-refractivity contribution in [1.82, 2.24) is 4.98 Å². The maximum Gasteiger partial charge on any atom is 0.218 e. The number of hydrogen-bond donors (Lipinski definition) is 2. The highest BCUT2D eigenvalue weighted by atomic mass is 127. The Labute approximate surface area is 177 Å². The lowest BCUT2D eigenvalue weighted by molar-refractivity contribution is 0.323. The predicted octanol–water partition coefficient (Wildman–Crippen LogP) is 3.82. The van der Waals surface area contributed by atoms with Crippen LogP contribution in [0.2, 0.25) is 0 Å². The van der Waals surface area contributed by atoms with E-state index >= 15 is 0 Å². The van der Waals surface area contributed by atoms with Crippen LogP contribution in [0.25, 0.3) is 0 Å². The van der Waals surface area contributed by atoms with Crippen LogP contribution in [0.15, 0.2) is 41.5 Å². The van der Waals surface area contributed by atoms with Gasteiger partial charge in [-0.05, 0) is 39.0 Å². The molecular weight excluding hydrogens is 459 g/mol. The van der Waals surface area contributed by atoms with E-state index in [1.807, 2.05) is 51.1 Å². The lowest BCUT2D eigenvalue weighted by Crippen LogP contribution is -2.23. The third-order valence-corrected chi connectivity index (χ3v) is 3.38. The molecule has 0 unspecified atom stereocenters. The Hall–Kier alpha value is -2.23. The number of aliphatic imine (C=N–C) groups is 1. The predicted molar refractivity (Wildman–Crippen MR) is 119 cm³/mol. The average Bonchev–Trinajstić information content (AvgIpc) is 2.64. The van der Waals surface area contributed by atoms with Gasteiger partial charge in [0, 0.05) is 17.8 Å². The summed E-state index contributed by atoms with van der Waals surface area (Å²) in [7, 11) is 0. The molecule has 0 bridgehead atoms. The first kappa shape index (κ1) is 22.8. The van der Waals surface area contributed by atoms with Crippen LogP contribution in [-0.4, -0.2) is 30.8 Å². The maximum atomic E-state index is 6.05. The Bertz CT molecular complexity index is 741. The third-order valence-electron chi connectivity index (χ3n) is 3.38. The van der Waals surface area contributed by atoms with E-state index in [9.17, 15) is 0 Å². The molecule has 0 aliphatic rings. The highest BCUT2D eigenvalue weighted by Crippen LogP contribution is 2.29. The number of hydrogen-bond acceptors (Lipinski definition) is 5. The van der Waals surface area contributed by atoms with Gasteiger partial charge in [-0.15, -0.1) is 24.0 Å². The fourth-order valence-electron chi connectivity index (χ4n) is 2.30. The zero-order chi connectivity index (χ0) is 18.8. The summed E-state index contributed by atoms with van der Waals surface area (Å²) in [6, 6.07) is 9.30. The number of aromatic nitrogens is 1. The van der Waals surface area contributed by atoms with Crippen LogP contribution in [0.1, 0.15) is 26.3 Å². The second kappa shape index (κ2) is 12.2. The van der Waals surface area contributed by atoms with Gasteiger partial charge in [-0.25, -0.2) is 9.98 Å². The summed E-state index contributed by atoms with van der Waals surface area (Å²) in [5.74, 6) is 2.26. The Kier molecular flexibility index (Phi) is 10.3. The number of anilines is 1. The quantitative estimate of drug-likeness (QED) is 0.318. The van der Waals surface area contributed by atoms with Crippen LogP contribution in [0.5, 0.6) is 17.4 Å². The first-order chi connectivity index (χ1) is 12.7. The van der Waals surface area contributed by atoms with Gasteiger partial charge in [0.2, 0.25) is 5.88 Å². The molecule has 27 heavy (non-hydrogen) atoms. The topological polar surface area (TPSA) is 91.0 Å². The molecule has 0 fully saturated rings. The van der Waals surface area contributed by atoms with Crippen molar-refractivity contribution in [1.29, 1.82) is 0 Å². The van der Waals surface area contributed by atoms with Gasteiger partial charge in [0.1, 0.15) is 11.5 Å². The van der Waals surface area contributed by atoms with Gasteiger partial charge < -0.3 is 25.3 Å². The number of benzene rings is 1. The first-order valence-electron chi connectivity index (χ1n) is 8.71. The van der Waals surface area contributed by atoms with Gasteiger partial charge in [0.25, 0.3) is 0 Å². The van der Waals surface area contributed by atoms with Gasteiger partial charge in [0.15, 0.2) is 5.96 Å². The van der Waals surface area contributed by atoms with Crippen LogP contribution in [0, 0.1) is 0 Å². The number of nitrogens with two attached hydrogens (primary N) is 1. The minimum Gasteiger partial charge on any atom is -0.494 e. The molecule has 0 radical (unpaired) electrons. The van der Waals surface area contributed by atoms with E-state index < -0.39 is 0 Å². The molecular formula is C19H27IN4O3. The summed E-state index contributed by atoms with van der Waals surface area (Å²) in [4.78, 5) is 8.59. The van der Waals surface area contributed by atoms with Crippen molar-refractivity contribution < 1.29 is 14.2 Å². The largest absolute Gasteiger partial charge is 0.494 e. The zero-order valence-corrected chi connectivity index (χ0v) is 18.2. The minimum atomic E-state index is 0. The van der Waals surface area contributed by atoms with E-state index in [-0.39, 0.29) is 29.9 Å². The van der Waals surface area contributed by atoms with Crippen LogP contribution < -0.4 is 25.3 Å². The fraction of sp³-hybridized carbons (Fsp3) is 0.368.